The van der Waals surface area contributed by atoms with Crippen LogP contribution < -0.4 is 11.5 Å². The first-order valence-electron chi connectivity index (χ1n) is 2.07. The van der Waals surface area contributed by atoms with E-state index in [1.54, 1.807) is 12.2 Å². The van der Waals surface area contributed by atoms with Gasteiger partial charge in [-0.1, -0.05) is 12.2 Å². The van der Waals surface area contributed by atoms with Crippen LogP contribution in [0.5, 0.6) is 0 Å². The molecule has 0 atom stereocenters. The van der Waals surface area contributed by atoms with Crippen molar-refractivity contribution in [2.75, 3.05) is 6.54 Å². The number of hydrogen-bond acceptors (Lipinski definition) is 1. The van der Waals surface area contributed by atoms with Crippen LogP contribution in [0.3, 0.4) is 0 Å². The van der Waals surface area contributed by atoms with Crippen LogP contribution in [0.4, 0.5) is 0 Å². The van der Waals surface area contributed by atoms with Crippen molar-refractivity contribution in [1.29, 1.82) is 0 Å². The molecule has 0 unspecified atom stereocenters. The predicted molar refractivity (Wildman–Crippen MR) is 29.5 cm³/mol. The second-order valence-electron chi connectivity index (χ2n) is 1.01. The quantitative estimate of drug-likeness (QED) is 0.486. The third-order valence-corrected chi connectivity index (χ3v) is 0.469. The summed E-state index contributed by atoms with van der Waals surface area (Å²) in [6, 6.07) is 0. The Hall–Kier alpha value is -0.760. The van der Waals surface area contributed by atoms with Crippen molar-refractivity contribution in [3.8, 4) is 0 Å². The zero-order valence-electron chi connectivity index (χ0n) is 4.04. The summed E-state index contributed by atoms with van der Waals surface area (Å²) in [5, 5.41) is 0. The number of hydrogen-bond donors (Lipinski definition) is 1. The normalized spacial score (nSPS) is 11.6. The zero-order valence-corrected chi connectivity index (χ0v) is 4.04. The van der Waals surface area contributed by atoms with Gasteiger partial charge in [0, 0.05) is 12.7 Å². The summed E-state index contributed by atoms with van der Waals surface area (Å²) in [6.07, 6.45) is 5.89. The van der Waals surface area contributed by atoms with Gasteiger partial charge in [-0.25, -0.2) is 0 Å². The van der Waals surface area contributed by atoms with Crippen molar-refractivity contribution in [3.63, 3.8) is 0 Å². The van der Waals surface area contributed by atoms with Gasteiger partial charge in [-0.15, -0.1) is 0 Å². The van der Waals surface area contributed by atoms with Gasteiger partial charge in [0.1, 0.15) is 0 Å². The lowest BCUT2D eigenvalue weighted by Gasteiger charge is -1.70. The van der Waals surface area contributed by atoms with Gasteiger partial charge < -0.3 is 5.73 Å². The van der Waals surface area contributed by atoms with Crippen LogP contribution in [-0.2, 0) is 0 Å². The Morgan fingerprint density at radius 1 is 1.43 bits per heavy atom. The Morgan fingerprint density at radius 3 is 2.57 bits per heavy atom. The van der Waals surface area contributed by atoms with Gasteiger partial charge in [0.25, 0.3) is 0 Å². The highest BCUT2D eigenvalue weighted by Crippen LogP contribution is 1.68. The molecule has 2 heteroatoms. The van der Waals surface area contributed by atoms with Gasteiger partial charge >= 0.3 is 0 Å². The first-order valence-corrected chi connectivity index (χ1v) is 2.07. The summed E-state index contributed by atoms with van der Waals surface area (Å²) in [4.78, 5) is 0. The van der Waals surface area contributed by atoms with Crippen molar-refractivity contribution in [3.05, 3.63) is 24.4 Å². The predicted octanol–water partition coefficient (Wildman–Crippen LogP) is 0.0837. The van der Waals surface area contributed by atoms with Crippen LogP contribution in [0.25, 0.3) is 0 Å². The fraction of sp³-hybridized carbons (Fsp3) is 0.200. The van der Waals surface area contributed by atoms with Crippen LogP contribution in [0.2, 0.25) is 0 Å². The Balaban J connectivity index is 3.09. The monoisotopic (exact) mass is 96.1 g/mol. The van der Waals surface area contributed by atoms with E-state index in [9.17, 15) is 0 Å². The van der Waals surface area contributed by atoms with E-state index in [0.717, 1.165) is 6.20 Å². The molecule has 0 rings (SSSR count). The summed E-state index contributed by atoms with van der Waals surface area (Å²) in [5.41, 5.74) is 13.1. The average molecular weight is 96.1 g/mol. The SMILES string of the molecule is [N]C=CC=CCN. The van der Waals surface area contributed by atoms with E-state index >= 15 is 0 Å². The molecule has 38 valence electrons. The van der Waals surface area contributed by atoms with Crippen molar-refractivity contribution in [1.82, 2.24) is 5.73 Å². The van der Waals surface area contributed by atoms with Crippen molar-refractivity contribution in [2.45, 2.75) is 0 Å². The molecule has 2 radical (unpaired) electrons. The minimum absolute atomic E-state index is 0.518. The van der Waals surface area contributed by atoms with Crippen LogP contribution in [0.1, 0.15) is 0 Å². The summed E-state index contributed by atoms with van der Waals surface area (Å²) in [5.74, 6) is 0. The molecule has 0 aromatic rings. The van der Waals surface area contributed by atoms with E-state index in [4.69, 9.17) is 11.5 Å². The lowest BCUT2D eigenvalue weighted by atomic mass is 10.5. The van der Waals surface area contributed by atoms with E-state index < -0.39 is 0 Å². The lowest BCUT2D eigenvalue weighted by molar-refractivity contribution is 1.25. The molecule has 0 saturated carbocycles. The molecule has 7 heavy (non-hydrogen) atoms. The highest BCUT2D eigenvalue weighted by molar-refractivity contribution is 5.00. The van der Waals surface area contributed by atoms with Crippen LogP contribution in [0.15, 0.2) is 24.4 Å². The molecule has 0 saturated heterocycles. The van der Waals surface area contributed by atoms with E-state index in [1.165, 1.54) is 6.08 Å². The zero-order chi connectivity index (χ0) is 5.54. The molecule has 0 aliphatic heterocycles. The molecule has 0 aliphatic carbocycles. The number of nitrogens with zero attached hydrogens (tertiary/aromatic N) is 1. The third-order valence-electron chi connectivity index (χ3n) is 0.469. The van der Waals surface area contributed by atoms with Crippen molar-refractivity contribution >= 4 is 0 Å². The minimum atomic E-state index is 0.518. The maximum Gasteiger partial charge on any atom is 0.0495 e. The van der Waals surface area contributed by atoms with Gasteiger partial charge in [-0.2, -0.15) is 5.73 Å². The van der Waals surface area contributed by atoms with Crippen LogP contribution in [-0.4, -0.2) is 6.54 Å². The molecule has 2 nitrogen and oxygen atoms in total. The Morgan fingerprint density at radius 2 is 2.14 bits per heavy atom. The summed E-state index contributed by atoms with van der Waals surface area (Å²) >= 11 is 0. The van der Waals surface area contributed by atoms with E-state index in [2.05, 4.69) is 0 Å². The van der Waals surface area contributed by atoms with Gasteiger partial charge in [0.05, 0.1) is 0 Å². The fourth-order valence-corrected chi connectivity index (χ4v) is 0.207. The van der Waals surface area contributed by atoms with Gasteiger partial charge in [0.15, 0.2) is 0 Å². The molecule has 0 fully saturated rings. The minimum Gasteiger partial charge on any atom is -0.327 e. The molecule has 0 aromatic heterocycles. The smallest absolute Gasteiger partial charge is 0.0495 e. The van der Waals surface area contributed by atoms with E-state index in [1.807, 2.05) is 0 Å². The largest absolute Gasteiger partial charge is 0.327 e. The molecule has 2 N–H and O–H groups in total. The molecular formula is C5H8N2. The second kappa shape index (κ2) is 5.24. The highest BCUT2D eigenvalue weighted by atomic mass is 14.5. The Labute approximate surface area is 43.5 Å². The first kappa shape index (κ1) is 6.24. The fourth-order valence-electron chi connectivity index (χ4n) is 0.207. The van der Waals surface area contributed by atoms with Crippen molar-refractivity contribution in [2.24, 2.45) is 5.73 Å². The molecule has 0 spiro atoms. The molecule has 0 aromatic carbocycles. The number of allylic oxidation sites excluding steroid dienone is 2. The lowest BCUT2D eigenvalue weighted by Crippen LogP contribution is -1.91. The van der Waals surface area contributed by atoms with E-state index in [0.29, 0.717) is 6.54 Å². The van der Waals surface area contributed by atoms with Crippen molar-refractivity contribution < 1.29 is 0 Å². The van der Waals surface area contributed by atoms with Gasteiger partial charge in [-0.05, 0) is 6.08 Å². The summed E-state index contributed by atoms with van der Waals surface area (Å²) in [6.45, 7) is 0.518. The first-order chi connectivity index (χ1) is 3.41. The van der Waals surface area contributed by atoms with Crippen LogP contribution in [0, 0.1) is 0 Å². The molecule has 0 aliphatic rings. The topological polar surface area (TPSA) is 48.3 Å². The number of nitrogens with two attached hydrogens (primary N) is 1. The number of rotatable bonds is 2. The van der Waals surface area contributed by atoms with E-state index in [-0.39, 0.29) is 0 Å². The highest BCUT2D eigenvalue weighted by Gasteiger charge is 1.58. The molecule has 0 bridgehead atoms. The second-order valence-corrected chi connectivity index (χ2v) is 1.01. The third kappa shape index (κ3) is 5.24. The maximum atomic E-state index is 8.02. The van der Waals surface area contributed by atoms with Gasteiger partial charge in [-0.3, -0.25) is 0 Å². The summed E-state index contributed by atoms with van der Waals surface area (Å²) < 4.78 is 0. The Bertz CT molecular complexity index is 74.1. The standard InChI is InChI=1S/C5H8N2/c6-4-2-1-3-5-7/h1-4H,5,7H2. The maximum absolute atomic E-state index is 8.02. The molecule has 0 amide bonds. The molecule has 0 heterocycles. The Kier molecular flexibility index (Phi) is 4.67. The molecular weight excluding hydrogens is 88.1 g/mol. The average Bonchev–Trinajstić information content (AvgIpc) is 1.69. The van der Waals surface area contributed by atoms with Crippen LogP contribution >= 0.6 is 0 Å². The van der Waals surface area contributed by atoms with Gasteiger partial charge in [0.2, 0.25) is 0 Å². The summed E-state index contributed by atoms with van der Waals surface area (Å²) in [7, 11) is 0.